The summed E-state index contributed by atoms with van der Waals surface area (Å²) in [6.45, 7) is 6.40. The molecule has 1 atom stereocenters. The van der Waals surface area contributed by atoms with Crippen LogP contribution in [0.2, 0.25) is 0 Å². The third kappa shape index (κ3) is 47.5. The average molecular weight is 849 g/mol. The Balaban J connectivity index is 4.44. The van der Waals surface area contributed by atoms with Crippen LogP contribution >= 0.6 is 0 Å². The van der Waals surface area contributed by atoms with Crippen LogP contribution in [-0.4, -0.2) is 37.2 Å². The van der Waals surface area contributed by atoms with Crippen LogP contribution in [0.15, 0.2) is 85.1 Å². The first-order chi connectivity index (χ1) is 30.0. The number of hydrogen-bond acceptors (Lipinski definition) is 6. The van der Waals surface area contributed by atoms with E-state index in [0.717, 1.165) is 116 Å². The third-order valence-electron chi connectivity index (χ3n) is 10.5. The van der Waals surface area contributed by atoms with Gasteiger partial charge in [-0.25, -0.2) is 0 Å². The number of esters is 3. The molecule has 0 radical (unpaired) electrons. The molecular weight excluding hydrogens is 757 g/mol. The summed E-state index contributed by atoms with van der Waals surface area (Å²) in [5, 5.41) is 0. The largest absolute Gasteiger partial charge is 0.462 e. The van der Waals surface area contributed by atoms with Gasteiger partial charge in [0, 0.05) is 19.3 Å². The van der Waals surface area contributed by atoms with Gasteiger partial charge in [0.05, 0.1) is 0 Å². The molecule has 0 aliphatic heterocycles. The summed E-state index contributed by atoms with van der Waals surface area (Å²) in [6, 6.07) is 0. The predicted octanol–water partition coefficient (Wildman–Crippen LogP) is 16.4. The van der Waals surface area contributed by atoms with Gasteiger partial charge in [-0.2, -0.15) is 0 Å². The van der Waals surface area contributed by atoms with Crippen molar-refractivity contribution in [1.29, 1.82) is 0 Å². The Hall–Kier alpha value is -3.41. The molecule has 0 aliphatic rings. The summed E-state index contributed by atoms with van der Waals surface area (Å²) < 4.78 is 16.7. The van der Waals surface area contributed by atoms with Crippen molar-refractivity contribution in [3.05, 3.63) is 85.1 Å². The number of allylic oxidation sites excluding steroid dienone is 14. The molecule has 0 aliphatic carbocycles. The Morgan fingerprint density at radius 1 is 0.361 bits per heavy atom. The Labute approximate surface area is 375 Å². The van der Waals surface area contributed by atoms with Crippen molar-refractivity contribution in [2.45, 2.75) is 232 Å². The van der Waals surface area contributed by atoms with Gasteiger partial charge in [0.2, 0.25) is 0 Å². The van der Waals surface area contributed by atoms with E-state index in [1.54, 1.807) is 0 Å². The molecule has 0 saturated heterocycles. The molecular formula is C55H92O6. The van der Waals surface area contributed by atoms with Crippen molar-refractivity contribution in [2.75, 3.05) is 13.2 Å². The molecule has 0 aromatic rings. The number of rotatable bonds is 44. The van der Waals surface area contributed by atoms with E-state index < -0.39 is 6.10 Å². The van der Waals surface area contributed by atoms with E-state index in [1.165, 1.54) is 70.6 Å². The number of carbonyl (C=O) groups excluding carboxylic acids is 3. The zero-order valence-electron chi connectivity index (χ0n) is 39.7. The minimum Gasteiger partial charge on any atom is -0.462 e. The van der Waals surface area contributed by atoms with Gasteiger partial charge in [0.25, 0.3) is 0 Å². The van der Waals surface area contributed by atoms with Gasteiger partial charge < -0.3 is 14.2 Å². The van der Waals surface area contributed by atoms with Crippen molar-refractivity contribution >= 4 is 17.9 Å². The van der Waals surface area contributed by atoms with E-state index in [0.29, 0.717) is 19.3 Å². The minimum atomic E-state index is -0.790. The summed E-state index contributed by atoms with van der Waals surface area (Å²) in [5.74, 6) is -0.931. The minimum absolute atomic E-state index is 0.0917. The van der Waals surface area contributed by atoms with Gasteiger partial charge in [-0.05, 0) is 64.2 Å². The zero-order valence-corrected chi connectivity index (χ0v) is 39.7. The highest BCUT2D eigenvalue weighted by atomic mass is 16.6. The molecule has 0 fully saturated rings. The molecule has 0 aromatic carbocycles. The standard InChI is InChI=1S/C55H92O6/c1-4-7-10-13-16-19-22-25-26-27-28-29-31-33-36-39-42-45-48-54(57)60-51-52(50-59-53(56)47-44-41-38-35-32-24-21-18-15-12-9-6-3)61-55(58)49-46-43-40-37-34-30-23-20-17-14-11-8-5-2/h9-10,12-13,16,18-19,21-22,25-29,52H,4-8,11,14-15,17,20,23-24,30-51H2,1-3H3/b12-9-,13-10-,19-16-,21-18-,25-22-,27-26-,29-28-. The van der Waals surface area contributed by atoms with E-state index >= 15 is 0 Å². The van der Waals surface area contributed by atoms with Crippen LogP contribution in [0.25, 0.3) is 0 Å². The second kappa shape index (κ2) is 49.2. The fraction of sp³-hybridized carbons (Fsp3) is 0.691. The molecule has 6 heteroatoms. The number of hydrogen-bond donors (Lipinski definition) is 0. The van der Waals surface area contributed by atoms with Crippen molar-refractivity contribution in [2.24, 2.45) is 0 Å². The van der Waals surface area contributed by atoms with Crippen molar-refractivity contribution in [3.8, 4) is 0 Å². The summed E-state index contributed by atoms with van der Waals surface area (Å²) in [7, 11) is 0. The molecule has 0 spiro atoms. The Kier molecular flexibility index (Phi) is 46.5. The first-order valence-electron chi connectivity index (χ1n) is 25.2. The lowest BCUT2D eigenvalue weighted by molar-refractivity contribution is -0.167. The van der Waals surface area contributed by atoms with Gasteiger partial charge in [-0.15, -0.1) is 0 Å². The molecule has 0 N–H and O–H groups in total. The highest BCUT2D eigenvalue weighted by Crippen LogP contribution is 2.15. The lowest BCUT2D eigenvalue weighted by Crippen LogP contribution is -2.30. The highest BCUT2D eigenvalue weighted by molar-refractivity contribution is 5.71. The summed E-state index contributed by atoms with van der Waals surface area (Å²) in [4.78, 5) is 37.9. The smallest absolute Gasteiger partial charge is 0.306 e. The number of ether oxygens (including phenoxy) is 3. The molecule has 0 bridgehead atoms. The van der Waals surface area contributed by atoms with Gasteiger partial charge in [0.15, 0.2) is 6.10 Å². The monoisotopic (exact) mass is 849 g/mol. The van der Waals surface area contributed by atoms with E-state index in [2.05, 4.69) is 81.5 Å². The topological polar surface area (TPSA) is 78.9 Å². The summed E-state index contributed by atoms with van der Waals surface area (Å²) in [6.07, 6.45) is 62.7. The Bertz CT molecular complexity index is 1200. The maximum absolute atomic E-state index is 12.8. The van der Waals surface area contributed by atoms with Crippen molar-refractivity contribution in [1.82, 2.24) is 0 Å². The Morgan fingerprint density at radius 2 is 0.738 bits per heavy atom. The van der Waals surface area contributed by atoms with Gasteiger partial charge in [-0.3, -0.25) is 14.4 Å². The quantitative estimate of drug-likeness (QED) is 0.0200. The van der Waals surface area contributed by atoms with Crippen LogP contribution in [0.3, 0.4) is 0 Å². The highest BCUT2D eigenvalue weighted by Gasteiger charge is 2.19. The van der Waals surface area contributed by atoms with Crippen LogP contribution in [0.4, 0.5) is 0 Å². The van der Waals surface area contributed by atoms with E-state index in [-0.39, 0.29) is 31.1 Å². The van der Waals surface area contributed by atoms with Crippen LogP contribution in [0, 0.1) is 0 Å². The maximum atomic E-state index is 12.8. The van der Waals surface area contributed by atoms with Gasteiger partial charge in [0.1, 0.15) is 13.2 Å². The first-order valence-corrected chi connectivity index (χ1v) is 25.2. The molecule has 348 valence electrons. The van der Waals surface area contributed by atoms with Gasteiger partial charge >= 0.3 is 17.9 Å². The zero-order chi connectivity index (χ0) is 44.4. The lowest BCUT2D eigenvalue weighted by atomic mass is 10.0. The van der Waals surface area contributed by atoms with Crippen molar-refractivity contribution < 1.29 is 28.6 Å². The molecule has 6 nitrogen and oxygen atoms in total. The fourth-order valence-corrected chi connectivity index (χ4v) is 6.74. The third-order valence-corrected chi connectivity index (χ3v) is 10.5. The SMILES string of the molecule is CC/C=C\C/C=C\CCCCCCCC(=O)OCC(COC(=O)CCCCCCC\C=C/C=C\C=C/C=C\C=C/CCC)OC(=O)CCCCCCCCCCCCCCC. The predicted molar refractivity (Wildman–Crippen MR) is 261 cm³/mol. The van der Waals surface area contributed by atoms with Crippen LogP contribution in [-0.2, 0) is 28.6 Å². The fourth-order valence-electron chi connectivity index (χ4n) is 6.74. The number of unbranched alkanes of at least 4 members (excludes halogenated alkanes) is 23. The lowest BCUT2D eigenvalue weighted by Gasteiger charge is -2.18. The van der Waals surface area contributed by atoms with Crippen LogP contribution < -0.4 is 0 Å². The second-order valence-electron chi connectivity index (χ2n) is 16.5. The molecule has 0 aromatic heterocycles. The average Bonchev–Trinajstić information content (AvgIpc) is 3.26. The van der Waals surface area contributed by atoms with Crippen molar-refractivity contribution in [3.63, 3.8) is 0 Å². The molecule has 0 rings (SSSR count). The van der Waals surface area contributed by atoms with Crippen LogP contribution in [0.1, 0.15) is 226 Å². The van der Waals surface area contributed by atoms with E-state index in [4.69, 9.17) is 14.2 Å². The molecule has 0 amide bonds. The van der Waals surface area contributed by atoms with Gasteiger partial charge in [-0.1, -0.05) is 228 Å². The first kappa shape index (κ1) is 57.6. The molecule has 0 heterocycles. The Morgan fingerprint density at radius 3 is 1.20 bits per heavy atom. The summed E-state index contributed by atoms with van der Waals surface area (Å²) >= 11 is 0. The maximum Gasteiger partial charge on any atom is 0.306 e. The molecule has 0 saturated carbocycles. The van der Waals surface area contributed by atoms with Crippen LogP contribution in [0.5, 0.6) is 0 Å². The second-order valence-corrected chi connectivity index (χ2v) is 16.5. The normalized spacial score (nSPS) is 12.8. The summed E-state index contributed by atoms with van der Waals surface area (Å²) in [5.41, 5.74) is 0. The molecule has 61 heavy (non-hydrogen) atoms. The van der Waals surface area contributed by atoms with E-state index in [1.807, 2.05) is 24.3 Å². The number of carbonyl (C=O) groups is 3. The van der Waals surface area contributed by atoms with E-state index in [9.17, 15) is 14.4 Å². The molecule has 1 unspecified atom stereocenters.